The van der Waals surface area contributed by atoms with Crippen LogP contribution in [0.4, 0.5) is 23.7 Å². The van der Waals surface area contributed by atoms with Crippen LogP contribution in [0, 0.1) is 0 Å². The van der Waals surface area contributed by atoms with Gasteiger partial charge in [0, 0.05) is 5.69 Å². The SMILES string of the molecule is CCCCOc1ccc(NC(=O)NC(=O)C(F)(F)F)cc1. The predicted octanol–water partition coefficient (Wildman–Crippen LogP) is 3.08. The van der Waals surface area contributed by atoms with E-state index >= 15 is 0 Å². The van der Waals surface area contributed by atoms with Crippen LogP contribution in [0.5, 0.6) is 5.75 Å². The van der Waals surface area contributed by atoms with Crippen LogP contribution >= 0.6 is 0 Å². The molecule has 5 nitrogen and oxygen atoms in total. The van der Waals surface area contributed by atoms with Gasteiger partial charge < -0.3 is 10.1 Å². The summed E-state index contributed by atoms with van der Waals surface area (Å²) in [6, 6.07) is 4.79. The van der Waals surface area contributed by atoms with E-state index in [4.69, 9.17) is 4.74 Å². The van der Waals surface area contributed by atoms with Gasteiger partial charge in [-0.25, -0.2) is 4.79 Å². The third kappa shape index (κ3) is 6.15. The molecule has 3 amide bonds. The first-order chi connectivity index (χ1) is 9.82. The van der Waals surface area contributed by atoms with E-state index in [-0.39, 0.29) is 5.69 Å². The number of unbranched alkanes of at least 4 members (excludes halogenated alkanes) is 1. The first-order valence-electron chi connectivity index (χ1n) is 6.25. The Morgan fingerprint density at radius 2 is 1.81 bits per heavy atom. The molecule has 21 heavy (non-hydrogen) atoms. The Bertz CT molecular complexity index is 486. The second-order valence-electron chi connectivity index (χ2n) is 4.13. The monoisotopic (exact) mass is 304 g/mol. The number of rotatable bonds is 5. The van der Waals surface area contributed by atoms with E-state index in [2.05, 4.69) is 5.32 Å². The van der Waals surface area contributed by atoms with Gasteiger partial charge in [0.1, 0.15) is 5.75 Å². The highest BCUT2D eigenvalue weighted by atomic mass is 19.4. The lowest BCUT2D eigenvalue weighted by atomic mass is 10.3. The van der Waals surface area contributed by atoms with Crippen LogP contribution in [-0.4, -0.2) is 24.7 Å². The number of benzene rings is 1. The summed E-state index contributed by atoms with van der Waals surface area (Å²) < 4.78 is 41.2. The van der Waals surface area contributed by atoms with Crippen LogP contribution in [0.2, 0.25) is 0 Å². The van der Waals surface area contributed by atoms with Crippen molar-refractivity contribution in [2.45, 2.75) is 25.9 Å². The van der Waals surface area contributed by atoms with Crippen LogP contribution in [0.1, 0.15) is 19.8 Å². The Hall–Kier alpha value is -2.25. The summed E-state index contributed by atoms with van der Waals surface area (Å²) in [5.74, 6) is -1.74. The van der Waals surface area contributed by atoms with Crippen molar-refractivity contribution in [3.8, 4) is 5.75 Å². The smallest absolute Gasteiger partial charge is 0.471 e. The lowest BCUT2D eigenvalue weighted by molar-refractivity contribution is -0.172. The molecule has 0 spiro atoms. The number of anilines is 1. The van der Waals surface area contributed by atoms with Crippen LogP contribution in [0.15, 0.2) is 24.3 Å². The molecule has 0 heterocycles. The molecule has 0 atom stereocenters. The minimum atomic E-state index is -5.10. The highest BCUT2D eigenvalue weighted by molar-refractivity contribution is 6.02. The molecule has 0 aliphatic rings. The minimum absolute atomic E-state index is 0.241. The molecular formula is C13H15F3N2O3. The van der Waals surface area contributed by atoms with Crippen molar-refractivity contribution in [1.29, 1.82) is 0 Å². The number of halogens is 3. The topological polar surface area (TPSA) is 67.4 Å². The van der Waals surface area contributed by atoms with Crippen molar-refractivity contribution in [1.82, 2.24) is 5.32 Å². The molecule has 0 bridgehead atoms. The summed E-state index contributed by atoms with van der Waals surface area (Å²) >= 11 is 0. The zero-order chi connectivity index (χ0) is 15.9. The summed E-state index contributed by atoms with van der Waals surface area (Å²) in [5.41, 5.74) is 0.241. The van der Waals surface area contributed by atoms with Crippen LogP contribution in [0.3, 0.4) is 0 Å². The van der Waals surface area contributed by atoms with Crippen molar-refractivity contribution < 1.29 is 27.5 Å². The molecule has 0 saturated carbocycles. The van der Waals surface area contributed by atoms with E-state index in [9.17, 15) is 22.8 Å². The number of carbonyl (C=O) groups is 2. The van der Waals surface area contributed by atoms with Gasteiger partial charge >= 0.3 is 18.1 Å². The lowest BCUT2D eigenvalue weighted by Crippen LogP contribution is -2.42. The fourth-order valence-corrected chi connectivity index (χ4v) is 1.31. The third-order valence-corrected chi connectivity index (χ3v) is 2.36. The summed E-state index contributed by atoms with van der Waals surface area (Å²) in [4.78, 5) is 21.7. The van der Waals surface area contributed by atoms with E-state index in [0.717, 1.165) is 12.8 Å². The fourth-order valence-electron chi connectivity index (χ4n) is 1.31. The first kappa shape index (κ1) is 16.8. The van der Waals surface area contributed by atoms with Crippen LogP contribution < -0.4 is 15.4 Å². The maximum absolute atomic E-state index is 11.9. The molecule has 116 valence electrons. The van der Waals surface area contributed by atoms with E-state index in [1.807, 2.05) is 6.92 Å². The lowest BCUT2D eigenvalue weighted by Gasteiger charge is -2.09. The number of ether oxygens (including phenoxy) is 1. The maximum atomic E-state index is 11.9. The molecule has 0 saturated heterocycles. The van der Waals surface area contributed by atoms with Gasteiger partial charge in [-0.05, 0) is 30.7 Å². The standard InChI is InChI=1S/C13H15F3N2O3/c1-2-3-8-21-10-6-4-9(5-7-10)17-12(20)18-11(19)13(14,15)16/h4-7H,2-3,8H2,1H3,(H2,17,18,19,20). The van der Waals surface area contributed by atoms with Gasteiger partial charge in [0.05, 0.1) is 6.61 Å². The zero-order valence-corrected chi connectivity index (χ0v) is 11.3. The molecule has 1 aromatic rings. The van der Waals surface area contributed by atoms with Crippen molar-refractivity contribution in [2.24, 2.45) is 0 Å². The number of carbonyl (C=O) groups excluding carboxylic acids is 2. The van der Waals surface area contributed by atoms with E-state index in [1.165, 1.54) is 17.4 Å². The summed E-state index contributed by atoms with van der Waals surface area (Å²) in [6.45, 7) is 2.58. The number of imide groups is 1. The van der Waals surface area contributed by atoms with Crippen molar-refractivity contribution in [2.75, 3.05) is 11.9 Å². The molecule has 1 aromatic carbocycles. The Labute approximate surface area is 119 Å². The van der Waals surface area contributed by atoms with E-state index in [1.54, 1.807) is 12.1 Å². The Morgan fingerprint density at radius 1 is 1.19 bits per heavy atom. The van der Waals surface area contributed by atoms with Gasteiger partial charge in [-0.1, -0.05) is 13.3 Å². The molecule has 0 radical (unpaired) electrons. The number of urea groups is 1. The second-order valence-corrected chi connectivity index (χ2v) is 4.13. The molecule has 0 aliphatic carbocycles. The summed E-state index contributed by atoms with van der Waals surface area (Å²) in [6.07, 6.45) is -3.21. The van der Waals surface area contributed by atoms with Crippen molar-refractivity contribution in [3.05, 3.63) is 24.3 Å². The minimum Gasteiger partial charge on any atom is -0.494 e. The average Bonchev–Trinajstić information content (AvgIpc) is 2.40. The highest BCUT2D eigenvalue weighted by Crippen LogP contribution is 2.17. The number of alkyl halides is 3. The number of nitrogens with one attached hydrogen (secondary N) is 2. The van der Waals surface area contributed by atoms with E-state index in [0.29, 0.717) is 12.4 Å². The van der Waals surface area contributed by atoms with Gasteiger partial charge in [0.25, 0.3) is 0 Å². The molecule has 0 fully saturated rings. The largest absolute Gasteiger partial charge is 0.494 e. The molecule has 1 rings (SSSR count). The summed E-state index contributed by atoms with van der Waals surface area (Å²) in [5, 5.41) is 3.29. The Morgan fingerprint density at radius 3 is 2.33 bits per heavy atom. The van der Waals surface area contributed by atoms with Gasteiger partial charge in [-0.15, -0.1) is 0 Å². The maximum Gasteiger partial charge on any atom is 0.471 e. The Kier molecular flexibility index (Phi) is 6.01. The van der Waals surface area contributed by atoms with Gasteiger partial charge in [-0.2, -0.15) is 13.2 Å². The van der Waals surface area contributed by atoms with Crippen molar-refractivity contribution >= 4 is 17.6 Å². The average molecular weight is 304 g/mol. The molecule has 0 aliphatic heterocycles. The van der Waals surface area contributed by atoms with Gasteiger partial charge in [0.15, 0.2) is 0 Å². The molecule has 0 aromatic heterocycles. The number of hydrogen-bond donors (Lipinski definition) is 2. The molecule has 0 unspecified atom stereocenters. The van der Waals surface area contributed by atoms with Crippen LogP contribution in [-0.2, 0) is 4.79 Å². The molecule has 2 N–H and O–H groups in total. The molecule has 8 heteroatoms. The Balaban J connectivity index is 2.48. The normalized spacial score (nSPS) is 10.9. The fraction of sp³-hybridized carbons (Fsp3) is 0.385. The zero-order valence-electron chi connectivity index (χ0n) is 11.3. The summed E-state index contributed by atoms with van der Waals surface area (Å²) in [7, 11) is 0. The van der Waals surface area contributed by atoms with Crippen LogP contribution in [0.25, 0.3) is 0 Å². The first-order valence-corrected chi connectivity index (χ1v) is 6.25. The third-order valence-electron chi connectivity index (χ3n) is 2.36. The van der Waals surface area contributed by atoms with E-state index < -0.39 is 18.1 Å². The number of amides is 3. The second kappa shape index (κ2) is 7.51. The van der Waals surface area contributed by atoms with Crippen molar-refractivity contribution in [3.63, 3.8) is 0 Å². The highest BCUT2D eigenvalue weighted by Gasteiger charge is 2.39. The van der Waals surface area contributed by atoms with Gasteiger partial charge in [0.2, 0.25) is 0 Å². The molecular weight excluding hydrogens is 289 g/mol. The quantitative estimate of drug-likeness (QED) is 0.821. The number of hydrogen-bond acceptors (Lipinski definition) is 3. The van der Waals surface area contributed by atoms with Gasteiger partial charge in [-0.3, -0.25) is 10.1 Å². The predicted molar refractivity (Wildman–Crippen MR) is 70.1 cm³/mol.